The van der Waals surface area contributed by atoms with Gasteiger partial charge in [0.15, 0.2) is 0 Å². The molecular weight excluding hydrogens is 212 g/mol. The summed E-state index contributed by atoms with van der Waals surface area (Å²) < 4.78 is 0. The number of rotatable bonds is 3. The number of carboxylic acids is 1. The first-order valence-corrected chi connectivity index (χ1v) is 5.70. The zero-order valence-electron chi connectivity index (χ0n) is 9.31. The van der Waals surface area contributed by atoms with E-state index >= 15 is 0 Å². The first-order valence-electron chi connectivity index (χ1n) is 5.70. The molecule has 0 spiro atoms. The fourth-order valence-corrected chi connectivity index (χ4v) is 2.48. The molecule has 0 amide bonds. The third kappa shape index (κ3) is 1.62. The van der Waals surface area contributed by atoms with Crippen LogP contribution in [-0.2, 0) is 11.2 Å². The smallest absolute Gasteiger partial charge is 0.303 e. The Kier molecular flexibility index (Phi) is 2.22. The van der Waals surface area contributed by atoms with Crippen molar-refractivity contribution >= 4 is 30.3 Å². The van der Waals surface area contributed by atoms with E-state index in [0.717, 1.165) is 5.56 Å². The Hall–Kier alpha value is -2.09. The summed E-state index contributed by atoms with van der Waals surface area (Å²) in [5.41, 5.74) is 3.55. The van der Waals surface area contributed by atoms with Crippen LogP contribution in [0.25, 0.3) is 24.3 Å². The zero-order valence-corrected chi connectivity index (χ0v) is 9.31. The van der Waals surface area contributed by atoms with Gasteiger partial charge in [-0.1, -0.05) is 36.5 Å². The summed E-state index contributed by atoms with van der Waals surface area (Å²) in [7, 11) is 0. The molecule has 0 saturated heterocycles. The van der Waals surface area contributed by atoms with Crippen molar-refractivity contribution in [2.75, 3.05) is 0 Å². The molecule has 0 fully saturated rings. The fourth-order valence-electron chi connectivity index (χ4n) is 2.48. The van der Waals surface area contributed by atoms with Gasteiger partial charge < -0.3 is 5.11 Å². The summed E-state index contributed by atoms with van der Waals surface area (Å²) in [5.74, 6) is -0.742. The topological polar surface area (TPSA) is 37.3 Å². The second-order valence-corrected chi connectivity index (χ2v) is 4.31. The molecule has 0 bridgehead atoms. The van der Waals surface area contributed by atoms with Crippen molar-refractivity contribution in [1.82, 2.24) is 0 Å². The average Bonchev–Trinajstić information content (AvgIpc) is 2.90. The van der Waals surface area contributed by atoms with E-state index in [1.807, 2.05) is 12.2 Å². The number of carboxylic acid groups (broad SMARTS) is 1. The van der Waals surface area contributed by atoms with Crippen LogP contribution >= 0.6 is 0 Å². The molecule has 0 atom stereocenters. The van der Waals surface area contributed by atoms with Crippen molar-refractivity contribution in [3.05, 3.63) is 45.3 Å². The minimum absolute atomic E-state index is 0.185. The minimum atomic E-state index is -0.742. The summed E-state index contributed by atoms with van der Waals surface area (Å²) in [6.07, 6.45) is 13.1. The van der Waals surface area contributed by atoms with Gasteiger partial charge in [-0.15, -0.1) is 0 Å². The van der Waals surface area contributed by atoms with Crippen molar-refractivity contribution in [3.8, 4) is 0 Å². The van der Waals surface area contributed by atoms with Crippen LogP contribution in [-0.4, -0.2) is 11.1 Å². The maximum absolute atomic E-state index is 10.7. The SMILES string of the molecule is O=C(O)CCc1c2c(cc3c1=CC=C3)=CC=C2. The molecule has 0 saturated carbocycles. The van der Waals surface area contributed by atoms with Gasteiger partial charge in [0.05, 0.1) is 0 Å². The Bertz CT molecular complexity index is 676. The molecule has 0 heterocycles. The maximum Gasteiger partial charge on any atom is 0.303 e. The Balaban J connectivity index is 2.17. The van der Waals surface area contributed by atoms with Crippen molar-refractivity contribution in [3.63, 3.8) is 0 Å². The summed E-state index contributed by atoms with van der Waals surface area (Å²) in [4.78, 5) is 10.7. The summed E-state index contributed by atoms with van der Waals surface area (Å²) in [6, 6.07) is 2.16. The van der Waals surface area contributed by atoms with Crippen LogP contribution in [0.3, 0.4) is 0 Å². The number of fused-ring (bicyclic) bond motifs is 2. The van der Waals surface area contributed by atoms with Crippen LogP contribution in [0.5, 0.6) is 0 Å². The van der Waals surface area contributed by atoms with E-state index in [0.29, 0.717) is 6.42 Å². The van der Waals surface area contributed by atoms with Gasteiger partial charge in [-0.2, -0.15) is 0 Å². The number of aliphatic carboxylic acids is 1. The molecule has 3 rings (SSSR count). The largest absolute Gasteiger partial charge is 0.481 e. The molecule has 2 heteroatoms. The molecule has 17 heavy (non-hydrogen) atoms. The Labute approximate surface area is 98.9 Å². The molecule has 2 aliphatic carbocycles. The minimum Gasteiger partial charge on any atom is -0.481 e. The lowest BCUT2D eigenvalue weighted by Gasteiger charge is -2.07. The van der Waals surface area contributed by atoms with Crippen LogP contribution < -0.4 is 10.4 Å². The van der Waals surface area contributed by atoms with Crippen molar-refractivity contribution < 1.29 is 9.90 Å². The normalized spacial score (nSPS) is 14.1. The van der Waals surface area contributed by atoms with Gasteiger partial charge >= 0.3 is 5.97 Å². The molecule has 0 unspecified atom stereocenters. The van der Waals surface area contributed by atoms with Gasteiger partial charge in [0.1, 0.15) is 0 Å². The van der Waals surface area contributed by atoms with Crippen molar-refractivity contribution in [2.24, 2.45) is 0 Å². The fraction of sp³-hybridized carbons (Fsp3) is 0.133. The Morgan fingerprint density at radius 2 is 2.00 bits per heavy atom. The van der Waals surface area contributed by atoms with E-state index in [2.05, 4.69) is 30.4 Å². The molecule has 84 valence electrons. The molecule has 1 aromatic rings. The number of benzene rings is 1. The lowest BCUT2D eigenvalue weighted by Crippen LogP contribution is -2.21. The highest BCUT2D eigenvalue weighted by Gasteiger charge is 2.12. The van der Waals surface area contributed by atoms with E-state index in [9.17, 15) is 4.79 Å². The van der Waals surface area contributed by atoms with Gasteiger partial charge in [-0.3, -0.25) is 4.79 Å². The van der Waals surface area contributed by atoms with Crippen LogP contribution in [0.15, 0.2) is 18.2 Å². The molecule has 2 aliphatic rings. The number of allylic oxidation sites excluding steroid dienone is 2. The highest BCUT2D eigenvalue weighted by Crippen LogP contribution is 2.13. The average molecular weight is 224 g/mol. The molecule has 2 nitrogen and oxygen atoms in total. The lowest BCUT2D eigenvalue weighted by atomic mass is 9.97. The second kappa shape index (κ2) is 3.74. The van der Waals surface area contributed by atoms with Crippen LogP contribution in [0.1, 0.15) is 23.1 Å². The molecular formula is C15H12O2. The third-order valence-corrected chi connectivity index (χ3v) is 3.25. The van der Waals surface area contributed by atoms with Gasteiger partial charge in [0.2, 0.25) is 0 Å². The predicted octanol–water partition coefficient (Wildman–Crippen LogP) is 1.32. The van der Waals surface area contributed by atoms with Crippen LogP contribution in [0, 0.1) is 0 Å². The molecule has 0 aromatic heterocycles. The number of carbonyl (C=O) groups is 1. The van der Waals surface area contributed by atoms with Crippen molar-refractivity contribution in [1.29, 1.82) is 0 Å². The highest BCUT2D eigenvalue weighted by atomic mass is 16.4. The molecule has 0 aliphatic heterocycles. The maximum atomic E-state index is 10.7. The van der Waals surface area contributed by atoms with E-state index in [-0.39, 0.29) is 6.42 Å². The quantitative estimate of drug-likeness (QED) is 0.840. The highest BCUT2D eigenvalue weighted by molar-refractivity contribution is 5.76. The summed E-state index contributed by atoms with van der Waals surface area (Å²) in [5, 5.41) is 11.2. The van der Waals surface area contributed by atoms with Crippen LogP contribution in [0.2, 0.25) is 0 Å². The van der Waals surface area contributed by atoms with Gasteiger partial charge in [0, 0.05) is 6.42 Å². The predicted molar refractivity (Wildman–Crippen MR) is 68.6 cm³/mol. The van der Waals surface area contributed by atoms with E-state index in [4.69, 9.17) is 5.11 Å². The third-order valence-electron chi connectivity index (χ3n) is 3.25. The Morgan fingerprint density at radius 3 is 2.82 bits per heavy atom. The number of hydrogen-bond acceptors (Lipinski definition) is 1. The lowest BCUT2D eigenvalue weighted by molar-refractivity contribution is -0.136. The molecule has 0 radical (unpaired) electrons. The van der Waals surface area contributed by atoms with Gasteiger partial charge in [-0.05, 0) is 39.6 Å². The van der Waals surface area contributed by atoms with E-state index in [1.54, 1.807) is 0 Å². The zero-order chi connectivity index (χ0) is 11.8. The van der Waals surface area contributed by atoms with Crippen LogP contribution in [0.4, 0.5) is 0 Å². The standard InChI is InChI=1S/C15H12O2/c16-15(17)8-7-14-12-5-1-3-10(12)9-11-4-2-6-13(11)14/h1-6,9H,7-8H2,(H,16,17). The van der Waals surface area contributed by atoms with Gasteiger partial charge in [0.25, 0.3) is 0 Å². The Morgan fingerprint density at radius 1 is 1.18 bits per heavy atom. The number of hydrogen-bond donors (Lipinski definition) is 1. The summed E-state index contributed by atoms with van der Waals surface area (Å²) in [6.45, 7) is 0. The second-order valence-electron chi connectivity index (χ2n) is 4.31. The molecule has 1 aromatic carbocycles. The molecule has 1 N–H and O–H groups in total. The van der Waals surface area contributed by atoms with Crippen molar-refractivity contribution in [2.45, 2.75) is 12.8 Å². The van der Waals surface area contributed by atoms with E-state index in [1.165, 1.54) is 21.6 Å². The first kappa shape index (κ1) is 10.1. The first-order chi connectivity index (χ1) is 8.25. The van der Waals surface area contributed by atoms with Gasteiger partial charge in [-0.25, -0.2) is 0 Å². The van der Waals surface area contributed by atoms with E-state index < -0.39 is 5.97 Å². The monoisotopic (exact) mass is 224 g/mol. The summed E-state index contributed by atoms with van der Waals surface area (Å²) >= 11 is 0.